The van der Waals surface area contributed by atoms with Crippen LogP contribution in [0.5, 0.6) is 0 Å². The minimum Gasteiger partial charge on any atom is -0.419 e. The maximum atomic E-state index is 11.9. The van der Waals surface area contributed by atoms with Crippen molar-refractivity contribution in [2.45, 2.75) is 20.0 Å². The van der Waals surface area contributed by atoms with E-state index >= 15 is 0 Å². The zero-order chi connectivity index (χ0) is 16.2. The topological polar surface area (TPSA) is 112 Å². The summed E-state index contributed by atoms with van der Waals surface area (Å²) in [7, 11) is 0. The van der Waals surface area contributed by atoms with Crippen molar-refractivity contribution in [3.8, 4) is 11.5 Å². The van der Waals surface area contributed by atoms with E-state index in [-0.39, 0.29) is 19.0 Å². The number of aromatic nitrogens is 4. The minimum atomic E-state index is -0.237. The second-order valence-corrected chi connectivity index (χ2v) is 5.01. The predicted molar refractivity (Wildman–Crippen MR) is 83.0 cm³/mol. The first-order valence-corrected chi connectivity index (χ1v) is 7.06. The minimum absolute atomic E-state index is 0.0410. The van der Waals surface area contributed by atoms with Crippen LogP contribution in [-0.2, 0) is 17.9 Å². The highest BCUT2D eigenvalue weighted by Crippen LogP contribution is 2.16. The molecule has 3 N–H and O–H groups in total. The van der Waals surface area contributed by atoms with Crippen LogP contribution >= 0.6 is 0 Å². The first kappa shape index (κ1) is 14.8. The summed E-state index contributed by atoms with van der Waals surface area (Å²) in [5, 5.41) is 14.7. The van der Waals surface area contributed by atoms with E-state index in [0.717, 1.165) is 11.3 Å². The monoisotopic (exact) mass is 312 g/mol. The molecule has 3 aromatic rings. The van der Waals surface area contributed by atoms with Crippen molar-refractivity contribution in [3.63, 3.8) is 0 Å². The van der Waals surface area contributed by atoms with Crippen LogP contribution in [0.3, 0.4) is 0 Å². The molecule has 1 amide bonds. The third-order valence-electron chi connectivity index (χ3n) is 3.15. The molecule has 3 rings (SSSR count). The van der Waals surface area contributed by atoms with Gasteiger partial charge >= 0.3 is 0 Å². The Morgan fingerprint density at radius 2 is 2.09 bits per heavy atom. The van der Waals surface area contributed by atoms with Gasteiger partial charge in [-0.2, -0.15) is 5.10 Å². The largest absolute Gasteiger partial charge is 0.419 e. The Balaban J connectivity index is 1.57. The van der Waals surface area contributed by atoms with E-state index in [9.17, 15) is 4.79 Å². The molecule has 0 fully saturated rings. The van der Waals surface area contributed by atoms with Gasteiger partial charge < -0.3 is 15.5 Å². The Morgan fingerprint density at radius 3 is 2.78 bits per heavy atom. The van der Waals surface area contributed by atoms with E-state index in [4.69, 9.17) is 10.2 Å². The fraction of sp³-hybridized carbons (Fsp3) is 0.200. The Morgan fingerprint density at radius 1 is 1.30 bits per heavy atom. The van der Waals surface area contributed by atoms with Gasteiger partial charge in [0.2, 0.25) is 17.7 Å². The van der Waals surface area contributed by atoms with Gasteiger partial charge in [-0.05, 0) is 19.1 Å². The molecule has 0 bridgehead atoms. The van der Waals surface area contributed by atoms with E-state index in [0.29, 0.717) is 17.6 Å². The van der Waals surface area contributed by atoms with Crippen LogP contribution in [0.4, 0.5) is 5.82 Å². The van der Waals surface area contributed by atoms with Gasteiger partial charge in [0.05, 0.1) is 12.2 Å². The Labute approximate surface area is 132 Å². The summed E-state index contributed by atoms with van der Waals surface area (Å²) < 4.78 is 6.95. The molecule has 1 aromatic carbocycles. The fourth-order valence-corrected chi connectivity index (χ4v) is 2.08. The summed E-state index contributed by atoms with van der Waals surface area (Å²) in [5.41, 5.74) is 7.34. The molecule has 0 spiro atoms. The lowest BCUT2D eigenvalue weighted by molar-refractivity contribution is -0.122. The molecule has 8 nitrogen and oxygen atoms in total. The van der Waals surface area contributed by atoms with Crippen LogP contribution in [0.25, 0.3) is 11.5 Å². The van der Waals surface area contributed by atoms with Gasteiger partial charge in [-0.3, -0.25) is 4.79 Å². The number of benzene rings is 1. The average molecular weight is 312 g/mol. The second-order valence-electron chi connectivity index (χ2n) is 5.01. The number of carbonyl (C=O) groups excluding carboxylic acids is 1. The first-order valence-electron chi connectivity index (χ1n) is 7.06. The summed E-state index contributed by atoms with van der Waals surface area (Å²) in [6.07, 6.45) is 0. The van der Waals surface area contributed by atoms with E-state index < -0.39 is 0 Å². The van der Waals surface area contributed by atoms with E-state index in [2.05, 4.69) is 20.6 Å². The number of hydrogen-bond donors (Lipinski definition) is 2. The van der Waals surface area contributed by atoms with Crippen LogP contribution in [0.1, 0.15) is 11.6 Å². The molecular formula is C15H16N6O2. The Hall–Kier alpha value is -3.16. The quantitative estimate of drug-likeness (QED) is 0.730. The van der Waals surface area contributed by atoms with Gasteiger partial charge in [-0.25, -0.2) is 4.68 Å². The molecule has 0 unspecified atom stereocenters. The van der Waals surface area contributed by atoms with E-state index in [1.165, 1.54) is 4.68 Å². The molecule has 23 heavy (non-hydrogen) atoms. The first-order chi connectivity index (χ1) is 11.1. The zero-order valence-electron chi connectivity index (χ0n) is 12.6. The van der Waals surface area contributed by atoms with Crippen molar-refractivity contribution in [3.05, 3.63) is 48.0 Å². The van der Waals surface area contributed by atoms with Gasteiger partial charge in [0.25, 0.3) is 0 Å². The standard InChI is InChI=1S/C15H16N6O2/c1-10-7-12(16)21(20-10)9-13(22)17-8-14-18-19-15(23-14)11-5-3-2-4-6-11/h2-7H,8-9,16H2,1H3,(H,17,22). The normalized spacial score (nSPS) is 10.7. The van der Waals surface area contributed by atoms with Crippen LogP contribution in [-0.4, -0.2) is 25.9 Å². The van der Waals surface area contributed by atoms with E-state index in [1.807, 2.05) is 37.3 Å². The number of nitrogens with one attached hydrogen (secondary N) is 1. The second kappa shape index (κ2) is 6.30. The van der Waals surface area contributed by atoms with Gasteiger partial charge in [0.1, 0.15) is 12.4 Å². The number of nitrogen functional groups attached to an aromatic ring is 1. The third-order valence-corrected chi connectivity index (χ3v) is 3.15. The molecular weight excluding hydrogens is 296 g/mol. The molecule has 0 aliphatic heterocycles. The van der Waals surface area contributed by atoms with Crippen LogP contribution in [0, 0.1) is 6.92 Å². The number of aryl methyl sites for hydroxylation is 1. The Bertz CT molecular complexity index is 808. The summed E-state index contributed by atoms with van der Waals surface area (Å²) in [6.45, 7) is 2.01. The smallest absolute Gasteiger partial charge is 0.247 e. The van der Waals surface area contributed by atoms with E-state index in [1.54, 1.807) is 6.07 Å². The van der Waals surface area contributed by atoms with Crippen LogP contribution in [0.15, 0.2) is 40.8 Å². The maximum absolute atomic E-state index is 11.9. The number of hydrogen-bond acceptors (Lipinski definition) is 6. The molecule has 2 aromatic heterocycles. The number of nitrogens with zero attached hydrogens (tertiary/aromatic N) is 4. The SMILES string of the molecule is Cc1cc(N)n(CC(=O)NCc2nnc(-c3ccccc3)o2)n1. The molecule has 0 atom stereocenters. The lowest BCUT2D eigenvalue weighted by atomic mass is 10.2. The van der Waals surface area contributed by atoms with Gasteiger partial charge in [0.15, 0.2) is 0 Å². The molecule has 0 saturated heterocycles. The molecule has 2 heterocycles. The van der Waals surface area contributed by atoms with Crippen molar-refractivity contribution in [2.75, 3.05) is 5.73 Å². The highest BCUT2D eigenvalue weighted by atomic mass is 16.4. The molecule has 0 aliphatic carbocycles. The zero-order valence-corrected chi connectivity index (χ0v) is 12.6. The highest BCUT2D eigenvalue weighted by Gasteiger charge is 2.11. The van der Waals surface area contributed by atoms with Gasteiger partial charge in [0, 0.05) is 11.6 Å². The summed E-state index contributed by atoms with van der Waals surface area (Å²) >= 11 is 0. The van der Waals surface area contributed by atoms with Crippen LogP contribution in [0.2, 0.25) is 0 Å². The summed E-state index contributed by atoms with van der Waals surface area (Å²) in [5.74, 6) is 0.963. The van der Waals surface area contributed by atoms with Crippen LogP contribution < -0.4 is 11.1 Å². The molecule has 0 radical (unpaired) electrons. The predicted octanol–water partition coefficient (Wildman–Crippen LogP) is 1.14. The van der Waals surface area contributed by atoms with Crippen molar-refractivity contribution in [1.82, 2.24) is 25.3 Å². The molecule has 118 valence electrons. The maximum Gasteiger partial charge on any atom is 0.247 e. The van der Waals surface area contributed by atoms with Crippen molar-refractivity contribution >= 4 is 11.7 Å². The summed E-state index contributed by atoms with van der Waals surface area (Å²) in [6, 6.07) is 11.1. The number of amides is 1. The van der Waals surface area contributed by atoms with Gasteiger partial charge in [-0.15, -0.1) is 10.2 Å². The number of carbonyl (C=O) groups is 1. The highest BCUT2D eigenvalue weighted by molar-refractivity contribution is 5.75. The van der Waals surface area contributed by atoms with Crippen molar-refractivity contribution < 1.29 is 9.21 Å². The molecule has 8 heteroatoms. The lowest BCUT2D eigenvalue weighted by Crippen LogP contribution is -2.28. The van der Waals surface area contributed by atoms with Crippen molar-refractivity contribution in [2.24, 2.45) is 0 Å². The Kier molecular flexibility index (Phi) is 4.05. The average Bonchev–Trinajstić information content (AvgIpc) is 3.13. The summed E-state index contributed by atoms with van der Waals surface area (Å²) in [4.78, 5) is 11.9. The number of nitrogens with two attached hydrogens (primary N) is 1. The number of rotatable bonds is 5. The third kappa shape index (κ3) is 3.54. The van der Waals surface area contributed by atoms with Crippen molar-refractivity contribution in [1.29, 1.82) is 0 Å². The molecule has 0 saturated carbocycles. The molecule has 0 aliphatic rings. The number of anilines is 1. The van der Waals surface area contributed by atoms with Gasteiger partial charge in [-0.1, -0.05) is 18.2 Å². The fourth-order valence-electron chi connectivity index (χ4n) is 2.08. The lowest BCUT2D eigenvalue weighted by Gasteiger charge is -2.04.